The van der Waals surface area contributed by atoms with E-state index in [1.165, 1.54) is 0 Å². The van der Waals surface area contributed by atoms with E-state index in [0.29, 0.717) is 0 Å². The number of hydrogen-bond donors (Lipinski definition) is 0. The van der Waals surface area contributed by atoms with E-state index in [9.17, 15) is 0 Å². The first-order valence-electron chi connectivity index (χ1n) is 8.96. The third-order valence-corrected chi connectivity index (χ3v) is 6.11. The van der Waals surface area contributed by atoms with Gasteiger partial charge in [-0.05, 0) is 55.5 Å². The first-order valence-corrected chi connectivity index (χ1v) is 10.8. The SMILES string of the molecule is COc1ccc(-c2nnc(SCc3csc(C)n3)n2-c2ccc(OC)cc2)cc1. The van der Waals surface area contributed by atoms with Crippen molar-refractivity contribution < 1.29 is 9.47 Å². The maximum absolute atomic E-state index is 5.30. The molecular formula is C21H20N4O2S2. The molecule has 0 spiro atoms. The number of hydrogen-bond acceptors (Lipinski definition) is 7. The van der Waals surface area contributed by atoms with Gasteiger partial charge in [0, 0.05) is 22.4 Å². The number of nitrogens with zero attached hydrogens (tertiary/aromatic N) is 4. The third kappa shape index (κ3) is 4.28. The normalized spacial score (nSPS) is 10.9. The zero-order chi connectivity index (χ0) is 20.2. The van der Waals surface area contributed by atoms with Crippen LogP contribution in [0.1, 0.15) is 10.7 Å². The summed E-state index contributed by atoms with van der Waals surface area (Å²) >= 11 is 3.28. The number of thioether (sulfide) groups is 1. The number of methoxy groups -OCH3 is 2. The Balaban J connectivity index is 1.72. The molecule has 8 heteroatoms. The molecule has 2 aromatic carbocycles. The number of ether oxygens (including phenoxy) is 2. The number of thiazole rings is 1. The number of aromatic nitrogens is 4. The number of benzene rings is 2. The Hall–Kier alpha value is -2.84. The van der Waals surface area contributed by atoms with E-state index in [-0.39, 0.29) is 0 Å². The molecule has 4 aromatic rings. The van der Waals surface area contributed by atoms with Crippen molar-refractivity contribution in [3.8, 4) is 28.6 Å². The van der Waals surface area contributed by atoms with Crippen molar-refractivity contribution in [2.75, 3.05) is 14.2 Å². The molecule has 0 aliphatic carbocycles. The fraction of sp³-hybridized carbons (Fsp3) is 0.190. The van der Waals surface area contributed by atoms with Gasteiger partial charge in [-0.2, -0.15) is 0 Å². The fourth-order valence-corrected chi connectivity index (χ4v) is 4.43. The predicted molar refractivity (Wildman–Crippen MR) is 116 cm³/mol. The summed E-state index contributed by atoms with van der Waals surface area (Å²) in [6.45, 7) is 2.01. The topological polar surface area (TPSA) is 62.1 Å². The van der Waals surface area contributed by atoms with Crippen LogP contribution in [0, 0.1) is 6.92 Å². The average molecular weight is 425 g/mol. The van der Waals surface area contributed by atoms with E-state index < -0.39 is 0 Å². The summed E-state index contributed by atoms with van der Waals surface area (Å²) in [5, 5.41) is 12.9. The Morgan fingerprint density at radius 2 is 1.59 bits per heavy atom. The van der Waals surface area contributed by atoms with E-state index in [1.807, 2.05) is 55.5 Å². The van der Waals surface area contributed by atoms with Crippen LogP contribution in [0.15, 0.2) is 59.1 Å². The van der Waals surface area contributed by atoms with Gasteiger partial charge >= 0.3 is 0 Å². The van der Waals surface area contributed by atoms with Gasteiger partial charge in [-0.3, -0.25) is 4.57 Å². The zero-order valence-corrected chi connectivity index (χ0v) is 18.0. The molecule has 0 bridgehead atoms. The first kappa shape index (κ1) is 19.5. The van der Waals surface area contributed by atoms with Crippen LogP contribution in [0.3, 0.4) is 0 Å². The van der Waals surface area contributed by atoms with Gasteiger partial charge in [-0.25, -0.2) is 4.98 Å². The van der Waals surface area contributed by atoms with Gasteiger partial charge in [0.15, 0.2) is 11.0 Å². The van der Waals surface area contributed by atoms with E-state index in [4.69, 9.17) is 9.47 Å². The molecule has 0 unspecified atom stereocenters. The molecule has 148 valence electrons. The van der Waals surface area contributed by atoms with Gasteiger partial charge < -0.3 is 9.47 Å². The third-order valence-electron chi connectivity index (χ3n) is 4.33. The lowest BCUT2D eigenvalue weighted by molar-refractivity contribution is 0.414. The van der Waals surface area contributed by atoms with Gasteiger partial charge in [0.1, 0.15) is 11.5 Å². The molecule has 0 saturated carbocycles. The quantitative estimate of drug-likeness (QED) is 0.389. The van der Waals surface area contributed by atoms with Gasteiger partial charge in [-0.15, -0.1) is 21.5 Å². The summed E-state index contributed by atoms with van der Waals surface area (Å²) in [4.78, 5) is 4.54. The molecule has 0 N–H and O–H groups in total. The van der Waals surface area contributed by atoms with E-state index in [0.717, 1.165) is 50.2 Å². The Labute approximate surface area is 177 Å². The minimum absolute atomic E-state index is 0.737. The highest BCUT2D eigenvalue weighted by Crippen LogP contribution is 2.31. The monoisotopic (exact) mass is 424 g/mol. The second-order valence-electron chi connectivity index (χ2n) is 6.21. The molecule has 6 nitrogen and oxygen atoms in total. The number of rotatable bonds is 7. The van der Waals surface area contributed by atoms with Crippen LogP contribution in [0.4, 0.5) is 0 Å². The first-order chi connectivity index (χ1) is 14.2. The molecule has 29 heavy (non-hydrogen) atoms. The predicted octanol–water partition coefficient (Wildman–Crippen LogP) is 5.01. The fourth-order valence-electron chi connectivity index (χ4n) is 2.87. The molecule has 2 aromatic heterocycles. The molecule has 0 radical (unpaired) electrons. The van der Waals surface area contributed by atoms with E-state index >= 15 is 0 Å². The molecule has 0 amide bonds. The summed E-state index contributed by atoms with van der Waals surface area (Å²) in [7, 11) is 3.32. The van der Waals surface area contributed by atoms with Crippen molar-refractivity contribution in [2.24, 2.45) is 0 Å². The Kier molecular flexibility index (Phi) is 5.82. The maximum Gasteiger partial charge on any atom is 0.196 e. The van der Waals surface area contributed by atoms with Crippen LogP contribution in [0.25, 0.3) is 17.1 Å². The highest BCUT2D eigenvalue weighted by molar-refractivity contribution is 7.98. The second-order valence-corrected chi connectivity index (χ2v) is 8.22. The minimum atomic E-state index is 0.737. The zero-order valence-electron chi connectivity index (χ0n) is 16.3. The molecule has 0 aliphatic rings. The van der Waals surface area contributed by atoms with Gasteiger partial charge in [0.05, 0.1) is 24.9 Å². The minimum Gasteiger partial charge on any atom is -0.497 e. The van der Waals surface area contributed by atoms with Crippen LogP contribution in [-0.2, 0) is 5.75 Å². The van der Waals surface area contributed by atoms with Gasteiger partial charge in [0.25, 0.3) is 0 Å². The lowest BCUT2D eigenvalue weighted by atomic mass is 10.2. The van der Waals surface area contributed by atoms with Crippen molar-refractivity contribution in [3.63, 3.8) is 0 Å². The largest absolute Gasteiger partial charge is 0.497 e. The van der Waals surface area contributed by atoms with Crippen LogP contribution in [-0.4, -0.2) is 34.0 Å². The maximum atomic E-state index is 5.30. The molecule has 0 aliphatic heterocycles. The number of aryl methyl sites for hydroxylation is 1. The summed E-state index contributed by atoms with van der Waals surface area (Å²) in [6.07, 6.45) is 0. The van der Waals surface area contributed by atoms with Gasteiger partial charge in [-0.1, -0.05) is 11.8 Å². The lowest BCUT2D eigenvalue weighted by Gasteiger charge is -2.11. The van der Waals surface area contributed by atoms with Gasteiger partial charge in [0.2, 0.25) is 0 Å². The van der Waals surface area contributed by atoms with Crippen molar-refractivity contribution in [1.29, 1.82) is 0 Å². The molecule has 0 saturated heterocycles. The van der Waals surface area contributed by atoms with Crippen LogP contribution in [0.5, 0.6) is 11.5 Å². The molecule has 0 fully saturated rings. The lowest BCUT2D eigenvalue weighted by Crippen LogP contribution is -2.00. The second kappa shape index (κ2) is 8.67. The van der Waals surface area contributed by atoms with Crippen molar-refractivity contribution in [3.05, 3.63) is 64.6 Å². The molecule has 2 heterocycles. The Morgan fingerprint density at radius 1 is 0.931 bits per heavy atom. The highest BCUT2D eigenvalue weighted by Gasteiger charge is 2.17. The van der Waals surface area contributed by atoms with Crippen molar-refractivity contribution in [1.82, 2.24) is 19.7 Å². The van der Waals surface area contributed by atoms with E-state index in [1.54, 1.807) is 37.3 Å². The van der Waals surface area contributed by atoms with Crippen LogP contribution in [0.2, 0.25) is 0 Å². The smallest absolute Gasteiger partial charge is 0.196 e. The van der Waals surface area contributed by atoms with E-state index in [2.05, 4.69) is 25.1 Å². The van der Waals surface area contributed by atoms with Crippen LogP contribution < -0.4 is 9.47 Å². The Morgan fingerprint density at radius 3 is 2.17 bits per heavy atom. The highest BCUT2D eigenvalue weighted by atomic mass is 32.2. The average Bonchev–Trinajstić information content (AvgIpc) is 3.38. The van der Waals surface area contributed by atoms with Crippen LogP contribution >= 0.6 is 23.1 Å². The molecule has 0 atom stereocenters. The Bertz CT molecular complexity index is 1090. The summed E-state index contributed by atoms with van der Waals surface area (Å²) in [5.41, 5.74) is 2.98. The molecular weight excluding hydrogens is 404 g/mol. The standard InChI is InChI=1S/C21H20N4O2S2/c1-14-22-16(12-28-14)13-29-21-24-23-20(15-4-8-18(26-2)9-5-15)25(21)17-6-10-19(27-3)11-7-17/h4-12H,13H2,1-3H3. The summed E-state index contributed by atoms with van der Waals surface area (Å²) in [5.74, 6) is 3.12. The van der Waals surface area contributed by atoms with Crippen molar-refractivity contribution in [2.45, 2.75) is 17.8 Å². The summed E-state index contributed by atoms with van der Waals surface area (Å²) < 4.78 is 12.6. The van der Waals surface area contributed by atoms with Crippen molar-refractivity contribution >= 4 is 23.1 Å². The molecule has 4 rings (SSSR count). The summed E-state index contributed by atoms with van der Waals surface area (Å²) in [6, 6.07) is 15.7.